The van der Waals surface area contributed by atoms with Crippen molar-refractivity contribution in [2.75, 3.05) is 26.0 Å². The molecule has 0 bridgehead atoms. The van der Waals surface area contributed by atoms with E-state index in [-0.39, 0.29) is 12.5 Å². The van der Waals surface area contributed by atoms with Gasteiger partial charge in [-0.1, -0.05) is 12.1 Å². The van der Waals surface area contributed by atoms with Crippen LogP contribution in [0.4, 0.5) is 0 Å². The Kier molecular flexibility index (Phi) is 6.81. The SMILES string of the molecule is CSc1ccc(OCC(=O)NCCOc2cccc(C)c2)cc1. The lowest BCUT2D eigenvalue weighted by atomic mass is 10.2. The van der Waals surface area contributed by atoms with E-state index in [0.717, 1.165) is 16.2 Å². The normalized spacial score (nSPS) is 10.2. The highest BCUT2D eigenvalue weighted by Gasteiger charge is 2.03. The van der Waals surface area contributed by atoms with Crippen molar-refractivity contribution in [2.24, 2.45) is 0 Å². The molecular weight excluding hydrogens is 310 g/mol. The minimum atomic E-state index is -0.160. The van der Waals surface area contributed by atoms with E-state index in [1.165, 1.54) is 0 Å². The summed E-state index contributed by atoms with van der Waals surface area (Å²) in [7, 11) is 0. The standard InChI is InChI=1S/C18H21NO3S/c1-14-4-3-5-16(12-14)21-11-10-19-18(20)13-22-15-6-8-17(23-2)9-7-15/h3-9,12H,10-11,13H2,1-2H3,(H,19,20). The predicted octanol–water partition coefficient (Wildman–Crippen LogP) is 3.29. The molecule has 0 heterocycles. The number of carbonyl (C=O) groups is 1. The highest BCUT2D eigenvalue weighted by Crippen LogP contribution is 2.18. The molecular formula is C18H21NO3S. The van der Waals surface area contributed by atoms with Gasteiger partial charge in [-0.05, 0) is 55.1 Å². The van der Waals surface area contributed by atoms with Crippen LogP contribution >= 0.6 is 11.8 Å². The first-order chi connectivity index (χ1) is 11.2. The quantitative estimate of drug-likeness (QED) is 0.596. The molecule has 0 fully saturated rings. The molecule has 2 rings (SSSR count). The van der Waals surface area contributed by atoms with Gasteiger partial charge in [-0.15, -0.1) is 11.8 Å². The summed E-state index contributed by atoms with van der Waals surface area (Å²) in [6.07, 6.45) is 2.02. The van der Waals surface area contributed by atoms with Crippen molar-refractivity contribution in [1.29, 1.82) is 0 Å². The average Bonchev–Trinajstić information content (AvgIpc) is 2.57. The molecule has 0 atom stereocenters. The smallest absolute Gasteiger partial charge is 0.258 e. The molecule has 1 amide bonds. The maximum Gasteiger partial charge on any atom is 0.258 e. The molecule has 4 nitrogen and oxygen atoms in total. The lowest BCUT2D eigenvalue weighted by molar-refractivity contribution is -0.123. The number of amides is 1. The molecule has 2 aromatic rings. The van der Waals surface area contributed by atoms with Crippen LogP contribution in [-0.2, 0) is 4.79 Å². The Morgan fingerprint density at radius 1 is 1.09 bits per heavy atom. The first-order valence-corrected chi connectivity index (χ1v) is 8.63. The van der Waals surface area contributed by atoms with E-state index in [1.54, 1.807) is 11.8 Å². The zero-order valence-electron chi connectivity index (χ0n) is 13.4. The molecule has 0 aliphatic heterocycles. The van der Waals surface area contributed by atoms with Gasteiger partial charge >= 0.3 is 0 Å². The second-order valence-electron chi connectivity index (χ2n) is 4.98. The van der Waals surface area contributed by atoms with E-state index in [4.69, 9.17) is 9.47 Å². The molecule has 0 spiro atoms. The van der Waals surface area contributed by atoms with Gasteiger partial charge in [0, 0.05) is 4.90 Å². The van der Waals surface area contributed by atoms with Crippen LogP contribution in [0.2, 0.25) is 0 Å². The largest absolute Gasteiger partial charge is 0.492 e. The van der Waals surface area contributed by atoms with E-state index >= 15 is 0 Å². The van der Waals surface area contributed by atoms with E-state index < -0.39 is 0 Å². The molecule has 0 unspecified atom stereocenters. The van der Waals surface area contributed by atoms with Gasteiger partial charge in [0.25, 0.3) is 5.91 Å². The Labute approximate surface area is 141 Å². The van der Waals surface area contributed by atoms with Crippen LogP contribution in [0.25, 0.3) is 0 Å². The fraction of sp³-hybridized carbons (Fsp3) is 0.278. The second kappa shape index (κ2) is 9.10. The Hall–Kier alpha value is -2.14. The van der Waals surface area contributed by atoms with Gasteiger partial charge in [-0.2, -0.15) is 0 Å². The fourth-order valence-corrected chi connectivity index (χ4v) is 2.34. The number of nitrogens with one attached hydrogen (secondary N) is 1. The number of hydrogen-bond acceptors (Lipinski definition) is 4. The minimum Gasteiger partial charge on any atom is -0.492 e. The Balaban J connectivity index is 1.63. The number of hydrogen-bond donors (Lipinski definition) is 1. The number of rotatable bonds is 8. The molecule has 0 aliphatic rings. The Morgan fingerprint density at radius 3 is 2.57 bits per heavy atom. The van der Waals surface area contributed by atoms with E-state index in [0.29, 0.717) is 18.9 Å². The van der Waals surface area contributed by atoms with Crippen LogP contribution in [-0.4, -0.2) is 31.9 Å². The van der Waals surface area contributed by atoms with Crippen LogP contribution in [0.3, 0.4) is 0 Å². The summed E-state index contributed by atoms with van der Waals surface area (Å²) >= 11 is 1.67. The van der Waals surface area contributed by atoms with Crippen LogP contribution in [0.1, 0.15) is 5.56 Å². The molecule has 1 N–H and O–H groups in total. The molecule has 23 heavy (non-hydrogen) atoms. The van der Waals surface area contributed by atoms with Gasteiger partial charge in [0.1, 0.15) is 18.1 Å². The van der Waals surface area contributed by atoms with E-state index in [9.17, 15) is 4.79 Å². The molecule has 5 heteroatoms. The highest BCUT2D eigenvalue weighted by atomic mass is 32.2. The van der Waals surface area contributed by atoms with Gasteiger partial charge in [0.15, 0.2) is 6.61 Å². The topological polar surface area (TPSA) is 47.6 Å². The van der Waals surface area contributed by atoms with Gasteiger partial charge < -0.3 is 14.8 Å². The summed E-state index contributed by atoms with van der Waals surface area (Å²) < 4.78 is 11.0. The summed E-state index contributed by atoms with van der Waals surface area (Å²) in [5, 5.41) is 2.77. The third-order valence-electron chi connectivity index (χ3n) is 3.11. The monoisotopic (exact) mass is 331 g/mol. The van der Waals surface area contributed by atoms with Crippen molar-refractivity contribution in [1.82, 2.24) is 5.32 Å². The van der Waals surface area contributed by atoms with Gasteiger partial charge in [-0.25, -0.2) is 0 Å². The maximum absolute atomic E-state index is 11.7. The third kappa shape index (κ3) is 6.24. The lowest BCUT2D eigenvalue weighted by Gasteiger charge is -2.09. The van der Waals surface area contributed by atoms with Gasteiger partial charge in [-0.3, -0.25) is 4.79 Å². The minimum absolute atomic E-state index is 0.00304. The van der Waals surface area contributed by atoms with Crippen molar-refractivity contribution in [3.8, 4) is 11.5 Å². The molecule has 0 radical (unpaired) electrons. The average molecular weight is 331 g/mol. The van der Waals surface area contributed by atoms with Crippen LogP contribution in [0.5, 0.6) is 11.5 Å². The van der Waals surface area contributed by atoms with Crippen molar-refractivity contribution in [3.05, 3.63) is 54.1 Å². The number of benzene rings is 2. The molecule has 0 aromatic heterocycles. The molecule has 0 aliphatic carbocycles. The van der Waals surface area contributed by atoms with Crippen molar-refractivity contribution < 1.29 is 14.3 Å². The van der Waals surface area contributed by atoms with Crippen LogP contribution in [0, 0.1) is 6.92 Å². The highest BCUT2D eigenvalue weighted by molar-refractivity contribution is 7.98. The van der Waals surface area contributed by atoms with Gasteiger partial charge in [0.2, 0.25) is 0 Å². The van der Waals surface area contributed by atoms with Gasteiger partial charge in [0.05, 0.1) is 6.54 Å². The third-order valence-corrected chi connectivity index (χ3v) is 3.86. The zero-order valence-corrected chi connectivity index (χ0v) is 14.2. The van der Waals surface area contributed by atoms with Crippen molar-refractivity contribution in [3.63, 3.8) is 0 Å². The molecule has 0 saturated carbocycles. The Morgan fingerprint density at radius 2 is 1.87 bits per heavy atom. The number of ether oxygens (including phenoxy) is 2. The second-order valence-corrected chi connectivity index (χ2v) is 5.86. The van der Waals surface area contributed by atoms with Crippen LogP contribution < -0.4 is 14.8 Å². The number of thioether (sulfide) groups is 1. The number of aryl methyl sites for hydroxylation is 1. The summed E-state index contributed by atoms with van der Waals surface area (Å²) in [4.78, 5) is 12.9. The summed E-state index contributed by atoms with van der Waals surface area (Å²) in [5.74, 6) is 1.34. The Bertz CT molecular complexity index is 628. The summed E-state index contributed by atoms with van der Waals surface area (Å²) in [5.41, 5.74) is 1.15. The van der Waals surface area contributed by atoms with Crippen molar-refractivity contribution in [2.45, 2.75) is 11.8 Å². The van der Waals surface area contributed by atoms with E-state index in [1.807, 2.05) is 61.7 Å². The maximum atomic E-state index is 11.7. The molecule has 2 aromatic carbocycles. The molecule has 0 saturated heterocycles. The summed E-state index contributed by atoms with van der Waals surface area (Å²) in [6.45, 7) is 2.89. The van der Waals surface area contributed by atoms with Crippen molar-refractivity contribution >= 4 is 17.7 Å². The summed E-state index contributed by atoms with van der Waals surface area (Å²) in [6, 6.07) is 15.5. The lowest BCUT2D eigenvalue weighted by Crippen LogP contribution is -2.32. The van der Waals surface area contributed by atoms with Crippen LogP contribution in [0.15, 0.2) is 53.4 Å². The van der Waals surface area contributed by atoms with E-state index in [2.05, 4.69) is 5.32 Å². The first-order valence-electron chi connectivity index (χ1n) is 7.40. The number of carbonyl (C=O) groups excluding carboxylic acids is 1. The first kappa shape index (κ1) is 17.2. The fourth-order valence-electron chi connectivity index (χ4n) is 1.94. The predicted molar refractivity (Wildman–Crippen MR) is 93.4 cm³/mol. The molecule has 122 valence electrons. The zero-order chi connectivity index (χ0) is 16.5.